The van der Waals surface area contributed by atoms with Crippen LogP contribution >= 0.6 is 0 Å². The minimum Gasteiger partial charge on any atom is -0.492 e. The normalized spacial score (nSPS) is 11.7. The lowest BCUT2D eigenvalue weighted by Crippen LogP contribution is -2.43. The van der Waals surface area contributed by atoms with Gasteiger partial charge in [0, 0.05) is 20.1 Å². The summed E-state index contributed by atoms with van der Waals surface area (Å²) in [7, 11) is 1.70. The summed E-state index contributed by atoms with van der Waals surface area (Å²) in [6, 6.07) is 6.15. The van der Waals surface area contributed by atoms with E-state index < -0.39 is 11.7 Å². The highest BCUT2D eigenvalue weighted by atomic mass is 16.6. The molecule has 0 spiro atoms. The van der Waals surface area contributed by atoms with Gasteiger partial charge in [-0.25, -0.2) is 4.79 Å². The van der Waals surface area contributed by atoms with E-state index in [4.69, 9.17) is 9.47 Å². The number of alkyl carbamates (subject to hydrolysis) is 1. The minimum absolute atomic E-state index is 0.427. The molecule has 1 amide bonds. The fraction of sp³-hybridized carbons (Fsp3) is 0.579. The van der Waals surface area contributed by atoms with Crippen LogP contribution in [0.4, 0.5) is 4.79 Å². The van der Waals surface area contributed by atoms with Gasteiger partial charge >= 0.3 is 6.09 Å². The monoisotopic (exact) mass is 364 g/mol. The predicted molar refractivity (Wildman–Crippen MR) is 105 cm³/mol. The first-order valence-electron chi connectivity index (χ1n) is 8.82. The van der Waals surface area contributed by atoms with Crippen LogP contribution in [0.15, 0.2) is 23.2 Å². The molecule has 0 saturated carbocycles. The van der Waals surface area contributed by atoms with Gasteiger partial charge in [0.1, 0.15) is 18.0 Å². The number of aliphatic imine (C=N–C) groups is 1. The maximum Gasteiger partial charge on any atom is 0.407 e. The standard InChI is InChI=1S/C19H32N4O3/c1-14-11-15(2)13-16(12-14)25-10-9-22-17(20-6)21-7-8-23-18(24)26-19(3,4)5/h11-13H,7-10H2,1-6H3,(H,23,24)(H2,20,21,22). The van der Waals surface area contributed by atoms with Gasteiger partial charge in [0.15, 0.2) is 5.96 Å². The van der Waals surface area contributed by atoms with Crippen molar-refractivity contribution in [3.05, 3.63) is 29.3 Å². The summed E-state index contributed by atoms with van der Waals surface area (Å²) in [4.78, 5) is 15.7. The number of ether oxygens (including phenoxy) is 2. The van der Waals surface area contributed by atoms with E-state index in [1.807, 2.05) is 32.9 Å². The highest BCUT2D eigenvalue weighted by Crippen LogP contribution is 2.15. The average molecular weight is 364 g/mol. The molecule has 0 aromatic heterocycles. The van der Waals surface area contributed by atoms with Crippen LogP contribution in [-0.4, -0.2) is 50.9 Å². The van der Waals surface area contributed by atoms with Crippen molar-refractivity contribution in [1.29, 1.82) is 0 Å². The molecular formula is C19H32N4O3. The Morgan fingerprint density at radius 3 is 2.15 bits per heavy atom. The van der Waals surface area contributed by atoms with Gasteiger partial charge in [-0.1, -0.05) is 6.07 Å². The summed E-state index contributed by atoms with van der Waals surface area (Å²) < 4.78 is 10.9. The number of rotatable bonds is 7. The molecule has 0 heterocycles. The molecular weight excluding hydrogens is 332 g/mol. The second-order valence-corrected chi connectivity index (χ2v) is 7.03. The Balaban J connectivity index is 2.20. The van der Waals surface area contributed by atoms with E-state index in [0.29, 0.717) is 32.2 Å². The van der Waals surface area contributed by atoms with Gasteiger partial charge < -0.3 is 25.4 Å². The van der Waals surface area contributed by atoms with Crippen molar-refractivity contribution in [2.45, 2.75) is 40.2 Å². The molecule has 0 radical (unpaired) electrons. The highest BCUT2D eigenvalue weighted by Gasteiger charge is 2.15. The predicted octanol–water partition coefficient (Wildman–Crippen LogP) is 2.37. The van der Waals surface area contributed by atoms with Gasteiger partial charge in [-0.2, -0.15) is 0 Å². The van der Waals surface area contributed by atoms with Crippen LogP contribution < -0.4 is 20.7 Å². The molecule has 0 atom stereocenters. The maximum absolute atomic E-state index is 11.5. The lowest BCUT2D eigenvalue weighted by atomic mass is 10.1. The summed E-state index contributed by atoms with van der Waals surface area (Å²) in [5.41, 5.74) is 1.87. The molecule has 7 nitrogen and oxygen atoms in total. The number of carbonyl (C=O) groups excluding carboxylic acids is 1. The van der Waals surface area contributed by atoms with Crippen molar-refractivity contribution in [1.82, 2.24) is 16.0 Å². The Hall–Kier alpha value is -2.44. The quantitative estimate of drug-likeness (QED) is 0.393. The summed E-state index contributed by atoms with van der Waals surface area (Å²) in [5.74, 6) is 1.52. The van der Waals surface area contributed by atoms with Crippen LogP contribution in [0.25, 0.3) is 0 Å². The Bertz CT molecular complexity index is 589. The Morgan fingerprint density at radius 1 is 1.00 bits per heavy atom. The summed E-state index contributed by atoms with van der Waals surface area (Å²) >= 11 is 0. The number of guanidine groups is 1. The molecule has 3 N–H and O–H groups in total. The van der Waals surface area contributed by atoms with Gasteiger partial charge in [-0.15, -0.1) is 0 Å². The number of hydrogen-bond acceptors (Lipinski definition) is 4. The molecule has 0 bridgehead atoms. The molecule has 0 aliphatic rings. The van der Waals surface area contributed by atoms with Crippen LogP contribution in [0.2, 0.25) is 0 Å². The van der Waals surface area contributed by atoms with Gasteiger partial charge in [0.25, 0.3) is 0 Å². The van der Waals surface area contributed by atoms with Crippen molar-refractivity contribution in [2.75, 3.05) is 33.3 Å². The number of benzene rings is 1. The van der Waals surface area contributed by atoms with E-state index in [1.54, 1.807) is 7.05 Å². The molecule has 26 heavy (non-hydrogen) atoms. The SMILES string of the molecule is CN=C(NCCNC(=O)OC(C)(C)C)NCCOc1cc(C)cc(C)c1. The Kier molecular flexibility index (Phi) is 8.75. The van der Waals surface area contributed by atoms with E-state index in [9.17, 15) is 4.79 Å². The number of aryl methyl sites for hydroxylation is 2. The van der Waals surface area contributed by atoms with E-state index >= 15 is 0 Å². The fourth-order valence-electron chi connectivity index (χ4n) is 2.23. The molecule has 0 fully saturated rings. The van der Waals surface area contributed by atoms with Crippen LogP contribution in [0.5, 0.6) is 5.75 Å². The van der Waals surface area contributed by atoms with Gasteiger partial charge in [0.05, 0.1) is 6.54 Å². The van der Waals surface area contributed by atoms with Crippen LogP contribution in [-0.2, 0) is 4.74 Å². The van der Waals surface area contributed by atoms with Gasteiger partial charge in [0.2, 0.25) is 0 Å². The van der Waals surface area contributed by atoms with Crippen molar-refractivity contribution < 1.29 is 14.3 Å². The fourth-order valence-corrected chi connectivity index (χ4v) is 2.23. The summed E-state index contributed by atoms with van der Waals surface area (Å²) in [6.45, 7) is 11.7. The zero-order valence-corrected chi connectivity index (χ0v) is 16.7. The molecule has 1 aromatic rings. The van der Waals surface area contributed by atoms with Crippen LogP contribution in [0, 0.1) is 13.8 Å². The number of amides is 1. The third-order valence-electron chi connectivity index (χ3n) is 3.17. The number of carbonyl (C=O) groups is 1. The lowest BCUT2D eigenvalue weighted by molar-refractivity contribution is 0.0529. The number of nitrogens with zero attached hydrogens (tertiary/aromatic N) is 1. The maximum atomic E-state index is 11.5. The number of hydrogen-bond donors (Lipinski definition) is 3. The number of nitrogens with one attached hydrogen (secondary N) is 3. The van der Waals surface area contributed by atoms with Crippen LogP contribution in [0.3, 0.4) is 0 Å². The molecule has 146 valence electrons. The average Bonchev–Trinajstić information content (AvgIpc) is 2.50. The first kappa shape index (κ1) is 21.6. The van der Waals surface area contributed by atoms with E-state index in [2.05, 4.69) is 40.9 Å². The summed E-state index contributed by atoms with van der Waals surface area (Å²) in [6.07, 6.45) is -0.427. The smallest absolute Gasteiger partial charge is 0.407 e. The molecule has 0 aliphatic carbocycles. The zero-order chi connectivity index (χ0) is 19.6. The molecule has 0 saturated heterocycles. The lowest BCUT2D eigenvalue weighted by Gasteiger charge is -2.20. The van der Waals surface area contributed by atoms with E-state index in [1.165, 1.54) is 11.1 Å². The first-order chi connectivity index (χ1) is 12.2. The molecule has 1 aromatic carbocycles. The second kappa shape index (κ2) is 10.5. The van der Waals surface area contributed by atoms with Gasteiger partial charge in [-0.05, 0) is 57.9 Å². The summed E-state index contributed by atoms with van der Waals surface area (Å²) in [5, 5.41) is 8.97. The zero-order valence-electron chi connectivity index (χ0n) is 16.7. The molecule has 1 rings (SSSR count). The topological polar surface area (TPSA) is 84.0 Å². The second-order valence-electron chi connectivity index (χ2n) is 7.03. The molecule has 7 heteroatoms. The van der Waals surface area contributed by atoms with E-state index in [0.717, 1.165) is 5.75 Å². The van der Waals surface area contributed by atoms with Crippen molar-refractivity contribution in [2.24, 2.45) is 4.99 Å². The first-order valence-corrected chi connectivity index (χ1v) is 8.82. The minimum atomic E-state index is -0.495. The van der Waals surface area contributed by atoms with Crippen molar-refractivity contribution in [3.63, 3.8) is 0 Å². The van der Waals surface area contributed by atoms with Crippen LogP contribution in [0.1, 0.15) is 31.9 Å². The third-order valence-corrected chi connectivity index (χ3v) is 3.17. The third kappa shape index (κ3) is 9.76. The Labute approximate surface area is 156 Å². The molecule has 0 unspecified atom stereocenters. The molecule has 0 aliphatic heterocycles. The van der Waals surface area contributed by atoms with Gasteiger partial charge in [-0.3, -0.25) is 4.99 Å². The highest BCUT2D eigenvalue weighted by molar-refractivity contribution is 5.79. The largest absolute Gasteiger partial charge is 0.492 e. The van der Waals surface area contributed by atoms with Crippen molar-refractivity contribution in [3.8, 4) is 5.75 Å². The Morgan fingerprint density at radius 2 is 1.58 bits per heavy atom. The van der Waals surface area contributed by atoms with Crippen molar-refractivity contribution >= 4 is 12.1 Å². The van der Waals surface area contributed by atoms with E-state index in [-0.39, 0.29) is 0 Å².